The molecule has 1 rings (SSSR count). The van der Waals surface area contributed by atoms with Gasteiger partial charge in [0.1, 0.15) is 6.61 Å². The van der Waals surface area contributed by atoms with Gasteiger partial charge in [0.25, 0.3) is 0 Å². The van der Waals surface area contributed by atoms with E-state index >= 15 is 0 Å². The fourth-order valence-corrected chi connectivity index (χ4v) is 2.21. The number of phosphoric acid groups is 1. The summed E-state index contributed by atoms with van der Waals surface area (Å²) in [6, 6.07) is 0.101. The third kappa shape index (κ3) is 5.06. The molecule has 0 amide bonds. The molecule has 0 aromatic carbocycles. The lowest BCUT2D eigenvalue weighted by molar-refractivity contribution is 0.128. The molecule has 4 N–H and O–H groups in total. The van der Waals surface area contributed by atoms with Crippen LogP contribution in [0.3, 0.4) is 0 Å². The average molecular weight is 240 g/mol. The van der Waals surface area contributed by atoms with Gasteiger partial charge in [0, 0.05) is 19.0 Å². The first-order valence-electron chi connectivity index (χ1n) is 5.11. The summed E-state index contributed by atoms with van der Waals surface area (Å²) in [6.45, 7) is 2.23. The fraction of sp³-hybridized carbons (Fsp3) is 1.00. The minimum absolute atomic E-state index is 0.0856. The van der Waals surface area contributed by atoms with Crippen molar-refractivity contribution in [2.24, 2.45) is 0 Å². The first kappa shape index (κ1) is 13.1. The molecule has 0 spiro atoms. The van der Waals surface area contributed by atoms with E-state index in [4.69, 9.17) is 14.9 Å². The highest BCUT2D eigenvalue weighted by Gasteiger charge is 2.27. The molecule has 6 nitrogen and oxygen atoms in total. The van der Waals surface area contributed by atoms with Gasteiger partial charge in [-0.15, -0.1) is 0 Å². The Morgan fingerprint density at radius 1 is 1.53 bits per heavy atom. The van der Waals surface area contributed by atoms with E-state index in [-0.39, 0.29) is 12.6 Å². The molecule has 0 unspecified atom stereocenters. The van der Waals surface area contributed by atoms with Crippen molar-refractivity contribution >= 4 is 7.82 Å². The number of rotatable bonds is 6. The van der Waals surface area contributed by atoms with E-state index < -0.39 is 7.82 Å². The van der Waals surface area contributed by atoms with E-state index in [9.17, 15) is 4.57 Å². The van der Waals surface area contributed by atoms with E-state index in [1.807, 2.05) is 0 Å². The molecule has 0 radical (unpaired) electrons. The highest BCUT2D eigenvalue weighted by molar-refractivity contribution is 7.46. The molecule has 0 aliphatic carbocycles. The smallest absolute Gasteiger partial charge is 0.445 e. The largest absolute Gasteiger partial charge is 0.469 e. The van der Waals surface area contributed by atoms with Gasteiger partial charge in [-0.3, -0.25) is 9.42 Å². The van der Waals surface area contributed by atoms with Crippen molar-refractivity contribution in [3.8, 4) is 0 Å². The Kier molecular flexibility index (Phi) is 5.18. The SMILES string of the molecule is O=P(O)(O)OC[C@H]1CCCN1CCC[OH2+]. The van der Waals surface area contributed by atoms with Crippen molar-refractivity contribution in [2.75, 3.05) is 26.3 Å². The predicted octanol–water partition coefficient (Wildman–Crippen LogP) is -0.325. The molecule has 0 bridgehead atoms. The number of hydrogen-bond donors (Lipinski definition) is 2. The summed E-state index contributed by atoms with van der Waals surface area (Å²) >= 11 is 0. The number of likely N-dealkylation sites (tertiary alicyclic amines) is 1. The van der Waals surface area contributed by atoms with E-state index in [1.165, 1.54) is 0 Å². The zero-order valence-corrected chi connectivity index (χ0v) is 9.53. The molecular weight excluding hydrogens is 221 g/mol. The quantitative estimate of drug-likeness (QED) is 0.490. The third-order valence-electron chi connectivity index (χ3n) is 2.56. The first-order valence-corrected chi connectivity index (χ1v) is 6.64. The predicted molar refractivity (Wildman–Crippen MR) is 55.7 cm³/mol. The maximum Gasteiger partial charge on any atom is 0.469 e. The number of hydrogen-bond acceptors (Lipinski definition) is 3. The summed E-state index contributed by atoms with van der Waals surface area (Å²) in [7, 11) is -4.33. The zero-order chi connectivity index (χ0) is 11.3. The van der Waals surface area contributed by atoms with Crippen LogP contribution in [0.4, 0.5) is 0 Å². The summed E-state index contributed by atoms with van der Waals surface area (Å²) in [5, 5.41) is 7.05. The Morgan fingerprint density at radius 2 is 2.27 bits per heavy atom. The van der Waals surface area contributed by atoms with Crippen LogP contribution in [0.5, 0.6) is 0 Å². The van der Waals surface area contributed by atoms with Crippen molar-refractivity contribution in [3.05, 3.63) is 0 Å². The molecule has 1 saturated heterocycles. The summed E-state index contributed by atoms with van der Waals surface area (Å²) in [6.07, 6.45) is 2.75. The second-order valence-electron chi connectivity index (χ2n) is 3.72. The highest BCUT2D eigenvalue weighted by Crippen LogP contribution is 2.36. The van der Waals surface area contributed by atoms with Crippen LogP contribution in [0.15, 0.2) is 0 Å². The molecule has 1 aliphatic rings. The molecule has 1 heterocycles. The van der Waals surface area contributed by atoms with Crippen molar-refractivity contribution in [1.82, 2.24) is 4.90 Å². The van der Waals surface area contributed by atoms with Gasteiger partial charge in [-0.25, -0.2) is 4.57 Å². The van der Waals surface area contributed by atoms with Gasteiger partial charge in [-0.2, -0.15) is 0 Å². The van der Waals surface area contributed by atoms with E-state index in [1.54, 1.807) is 0 Å². The van der Waals surface area contributed by atoms with Crippen molar-refractivity contribution in [2.45, 2.75) is 25.3 Å². The molecule has 1 aliphatic heterocycles. The highest BCUT2D eigenvalue weighted by atomic mass is 31.2. The summed E-state index contributed by atoms with van der Waals surface area (Å²) in [4.78, 5) is 19.3. The Hall–Kier alpha value is 0.0300. The van der Waals surface area contributed by atoms with Crippen LogP contribution in [0.1, 0.15) is 19.3 Å². The van der Waals surface area contributed by atoms with E-state index in [0.29, 0.717) is 6.61 Å². The van der Waals surface area contributed by atoms with Crippen LogP contribution in [-0.2, 0) is 9.09 Å². The van der Waals surface area contributed by atoms with Gasteiger partial charge < -0.3 is 14.9 Å². The normalized spacial score (nSPS) is 23.5. The minimum Gasteiger partial charge on any atom is -0.445 e. The van der Waals surface area contributed by atoms with Crippen LogP contribution < -0.4 is 0 Å². The Bertz CT molecular complexity index is 231. The van der Waals surface area contributed by atoms with Gasteiger partial charge >= 0.3 is 7.82 Å². The minimum atomic E-state index is -4.33. The van der Waals surface area contributed by atoms with Gasteiger partial charge in [0.05, 0.1) is 6.61 Å². The molecule has 15 heavy (non-hydrogen) atoms. The topological polar surface area (TPSA) is 92.9 Å². The second kappa shape index (κ2) is 5.94. The summed E-state index contributed by atoms with van der Waals surface area (Å²) in [5.41, 5.74) is 0. The lowest BCUT2D eigenvalue weighted by Crippen LogP contribution is -2.34. The van der Waals surface area contributed by atoms with Crippen LogP contribution in [0, 0.1) is 0 Å². The molecule has 1 fully saturated rings. The summed E-state index contributed by atoms with van der Waals surface area (Å²) < 4.78 is 15.0. The standard InChI is InChI=1S/C8H18NO5P/c10-6-2-5-9-4-1-3-8(9)7-14-15(11,12)13/h8,10H,1-7H2,(H2,11,12,13)/p+1/t8-/m1/s1. The van der Waals surface area contributed by atoms with Crippen LogP contribution >= 0.6 is 7.82 Å². The lowest BCUT2D eigenvalue weighted by Gasteiger charge is -2.23. The van der Waals surface area contributed by atoms with Gasteiger partial charge in [0.15, 0.2) is 0 Å². The molecule has 0 saturated carbocycles. The molecular formula is C8H19NO5P+. The molecule has 1 atom stereocenters. The maximum absolute atomic E-state index is 10.5. The van der Waals surface area contributed by atoms with E-state index in [0.717, 1.165) is 32.4 Å². The van der Waals surface area contributed by atoms with Crippen molar-refractivity contribution < 1.29 is 24.0 Å². The maximum atomic E-state index is 10.5. The lowest BCUT2D eigenvalue weighted by atomic mass is 10.2. The van der Waals surface area contributed by atoms with Gasteiger partial charge in [0.2, 0.25) is 0 Å². The molecule has 90 valence electrons. The second-order valence-corrected chi connectivity index (χ2v) is 4.96. The number of phosphoric ester groups is 1. The van der Waals surface area contributed by atoms with E-state index in [2.05, 4.69) is 9.42 Å². The fourth-order valence-electron chi connectivity index (χ4n) is 1.84. The summed E-state index contributed by atoms with van der Waals surface area (Å²) in [5.74, 6) is 0. The molecule has 0 aromatic rings. The zero-order valence-electron chi connectivity index (χ0n) is 8.63. The van der Waals surface area contributed by atoms with Gasteiger partial charge in [-0.1, -0.05) is 0 Å². The van der Waals surface area contributed by atoms with Crippen molar-refractivity contribution in [1.29, 1.82) is 0 Å². The van der Waals surface area contributed by atoms with Gasteiger partial charge in [-0.05, 0) is 19.4 Å². The molecule has 7 heteroatoms. The molecule has 0 aromatic heterocycles. The van der Waals surface area contributed by atoms with Crippen molar-refractivity contribution in [3.63, 3.8) is 0 Å². The third-order valence-corrected chi connectivity index (χ3v) is 3.04. The Labute approximate surface area is 89.1 Å². The Balaban J connectivity index is 2.30. The Morgan fingerprint density at radius 3 is 2.87 bits per heavy atom. The van der Waals surface area contributed by atoms with Crippen LogP contribution in [0.2, 0.25) is 0 Å². The average Bonchev–Trinajstić information content (AvgIpc) is 2.57. The number of nitrogens with zero attached hydrogens (tertiary/aromatic N) is 1. The first-order chi connectivity index (χ1) is 7.03. The van der Waals surface area contributed by atoms with Crippen LogP contribution in [0.25, 0.3) is 0 Å². The monoisotopic (exact) mass is 240 g/mol. The van der Waals surface area contributed by atoms with Crippen LogP contribution in [-0.4, -0.2) is 52.1 Å².